The fourth-order valence-corrected chi connectivity index (χ4v) is 0.984. The lowest BCUT2D eigenvalue weighted by atomic mass is 10.2. The highest BCUT2D eigenvalue weighted by Gasteiger charge is 1.82. The minimum Gasteiger partial charge on any atom is -0.397 e. The number of rotatable bonds is 3. The largest absolute Gasteiger partial charge is 0.397 e. The Morgan fingerprint density at radius 3 is 2.64 bits per heavy atom. The Labute approximate surface area is 84.5 Å². The highest BCUT2D eigenvalue weighted by molar-refractivity contribution is 5.79. The third kappa shape index (κ3) is 3.72. The lowest BCUT2D eigenvalue weighted by molar-refractivity contribution is 1.36. The van der Waals surface area contributed by atoms with Crippen LogP contribution < -0.4 is 5.73 Å². The molecule has 0 saturated heterocycles. The summed E-state index contributed by atoms with van der Waals surface area (Å²) in [6.07, 6.45) is 7.09. The van der Waals surface area contributed by atoms with Gasteiger partial charge in [-0.25, -0.2) is 0 Å². The first-order chi connectivity index (χ1) is 6.83. The van der Waals surface area contributed by atoms with Crippen LogP contribution in [0.4, 0.5) is 0 Å². The molecule has 0 aliphatic heterocycles. The van der Waals surface area contributed by atoms with E-state index in [0.29, 0.717) is 5.70 Å². The molecule has 0 radical (unpaired) electrons. The molecule has 0 bridgehead atoms. The van der Waals surface area contributed by atoms with E-state index in [1.165, 1.54) is 0 Å². The van der Waals surface area contributed by atoms with Crippen LogP contribution in [0.3, 0.4) is 0 Å². The summed E-state index contributed by atoms with van der Waals surface area (Å²) in [5.41, 5.74) is 7.33. The molecule has 0 heterocycles. The molecular formula is C12H14N2. The molecule has 0 aliphatic rings. The quantitative estimate of drug-likeness (QED) is 0.571. The van der Waals surface area contributed by atoms with Gasteiger partial charge in [0.05, 0.1) is 0 Å². The van der Waals surface area contributed by atoms with Crippen molar-refractivity contribution in [3.8, 4) is 0 Å². The van der Waals surface area contributed by atoms with Crippen molar-refractivity contribution in [2.75, 3.05) is 0 Å². The van der Waals surface area contributed by atoms with E-state index >= 15 is 0 Å². The fraction of sp³-hybridized carbons (Fsp3) is 0.0833. The third-order valence-corrected chi connectivity index (χ3v) is 1.61. The highest BCUT2D eigenvalue weighted by Crippen LogP contribution is 1.94. The first-order valence-corrected chi connectivity index (χ1v) is 4.49. The smallest absolute Gasteiger partial charge is 0.0497 e. The van der Waals surface area contributed by atoms with E-state index < -0.39 is 0 Å². The second-order valence-electron chi connectivity index (χ2n) is 2.82. The van der Waals surface area contributed by atoms with Crippen molar-refractivity contribution in [3.63, 3.8) is 0 Å². The third-order valence-electron chi connectivity index (χ3n) is 1.61. The summed E-state index contributed by atoms with van der Waals surface area (Å²) >= 11 is 0. The van der Waals surface area contributed by atoms with Gasteiger partial charge in [-0.2, -0.15) is 0 Å². The Bertz CT molecular complexity index is 348. The van der Waals surface area contributed by atoms with Crippen LogP contribution in [-0.2, 0) is 0 Å². The van der Waals surface area contributed by atoms with Crippen LogP contribution in [0.1, 0.15) is 12.5 Å². The minimum absolute atomic E-state index is 0.652. The van der Waals surface area contributed by atoms with Gasteiger partial charge < -0.3 is 5.73 Å². The van der Waals surface area contributed by atoms with Gasteiger partial charge in [-0.1, -0.05) is 36.4 Å². The number of hydrogen-bond donors (Lipinski definition) is 1. The van der Waals surface area contributed by atoms with Gasteiger partial charge >= 0.3 is 0 Å². The molecule has 0 atom stereocenters. The molecule has 0 amide bonds. The molecule has 0 spiro atoms. The monoisotopic (exact) mass is 186 g/mol. The second-order valence-corrected chi connectivity index (χ2v) is 2.82. The van der Waals surface area contributed by atoms with Crippen LogP contribution in [-0.4, -0.2) is 6.21 Å². The molecule has 0 unspecified atom stereocenters. The number of nitrogens with two attached hydrogens (primary N) is 1. The zero-order valence-corrected chi connectivity index (χ0v) is 8.22. The van der Waals surface area contributed by atoms with E-state index in [1.54, 1.807) is 12.4 Å². The van der Waals surface area contributed by atoms with Gasteiger partial charge in [-0.15, -0.1) is 0 Å². The summed E-state index contributed by atoms with van der Waals surface area (Å²) in [7, 11) is 0. The van der Waals surface area contributed by atoms with Gasteiger partial charge in [0.1, 0.15) is 0 Å². The SMILES string of the molecule is C\C=C/C(N)=C\N=C\c1ccccc1. The topological polar surface area (TPSA) is 38.4 Å². The van der Waals surface area contributed by atoms with Crippen LogP contribution in [0, 0.1) is 0 Å². The molecule has 1 aromatic carbocycles. The summed E-state index contributed by atoms with van der Waals surface area (Å²) < 4.78 is 0. The fourth-order valence-electron chi connectivity index (χ4n) is 0.984. The summed E-state index contributed by atoms with van der Waals surface area (Å²) in [5.74, 6) is 0. The van der Waals surface area contributed by atoms with Crippen molar-refractivity contribution in [1.82, 2.24) is 0 Å². The maximum Gasteiger partial charge on any atom is 0.0497 e. The molecule has 14 heavy (non-hydrogen) atoms. The van der Waals surface area contributed by atoms with Crippen LogP contribution in [0.15, 0.2) is 59.4 Å². The average molecular weight is 186 g/mol. The second kappa shape index (κ2) is 5.75. The summed E-state index contributed by atoms with van der Waals surface area (Å²) in [6, 6.07) is 9.90. The van der Waals surface area contributed by atoms with Gasteiger partial charge in [0.2, 0.25) is 0 Å². The van der Waals surface area contributed by atoms with Crippen molar-refractivity contribution in [1.29, 1.82) is 0 Å². The standard InChI is InChI=1S/C12H14N2/c1-2-6-12(13)10-14-9-11-7-4-3-5-8-11/h2-10H,13H2,1H3/b6-2-,12-10+,14-9+. The molecule has 2 N–H and O–H groups in total. The van der Waals surface area contributed by atoms with Gasteiger partial charge in [-0.05, 0) is 18.6 Å². The first-order valence-electron chi connectivity index (χ1n) is 4.49. The van der Waals surface area contributed by atoms with Crippen LogP contribution >= 0.6 is 0 Å². The van der Waals surface area contributed by atoms with Crippen molar-refractivity contribution in [2.24, 2.45) is 10.7 Å². The van der Waals surface area contributed by atoms with Crippen molar-refractivity contribution in [3.05, 3.63) is 59.9 Å². The Morgan fingerprint density at radius 2 is 2.00 bits per heavy atom. The lowest BCUT2D eigenvalue weighted by Crippen LogP contribution is -1.91. The van der Waals surface area contributed by atoms with E-state index in [-0.39, 0.29) is 0 Å². The summed E-state index contributed by atoms with van der Waals surface area (Å²) in [4.78, 5) is 4.10. The maximum absolute atomic E-state index is 5.61. The number of hydrogen-bond acceptors (Lipinski definition) is 2. The summed E-state index contributed by atoms with van der Waals surface area (Å²) in [5, 5.41) is 0. The van der Waals surface area contributed by atoms with Crippen LogP contribution in [0.5, 0.6) is 0 Å². The molecule has 2 heteroatoms. The number of aliphatic imine (C=N–C) groups is 1. The molecule has 2 nitrogen and oxygen atoms in total. The molecule has 0 fully saturated rings. The predicted molar refractivity (Wildman–Crippen MR) is 61.1 cm³/mol. The van der Waals surface area contributed by atoms with E-state index in [9.17, 15) is 0 Å². The number of benzene rings is 1. The van der Waals surface area contributed by atoms with Gasteiger partial charge in [0.15, 0.2) is 0 Å². The van der Waals surface area contributed by atoms with Crippen LogP contribution in [0.25, 0.3) is 0 Å². The van der Waals surface area contributed by atoms with Crippen LogP contribution in [0.2, 0.25) is 0 Å². The lowest BCUT2D eigenvalue weighted by Gasteiger charge is -1.89. The maximum atomic E-state index is 5.61. The summed E-state index contributed by atoms with van der Waals surface area (Å²) in [6.45, 7) is 1.92. The van der Waals surface area contributed by atoms with Crippen molar-refractivity contribution >= 4 is 6.21 Å². The zero-order chi connectivity index (χ0) is 10.2. The number of allylic oxidation sites excluding steroid dienone is 2. The molecule has 1 aromatic rings. The van der Waals surface area contributed by atoms with E-state index in [4.69, 9.17) is 5.73 Å². The Hall–Kier alpha value is -1.83. The normalized spacial score (nSPS) is 12.8. The molecule has 72 valence electrons. The molecule has 0 saturated carbocycles. The van der Waals surface area contributed by atoms with Gasteiger partial charge in [0.25, 0.3) is 0 Å². The Kier molecular flexibility index (Phi) is 4.21. The Balaban J connectivity index is 2.62. The van der Waals surface area contributed by atoms with Crippen molar-refractivity contribution < 1.29 is 0 Å². The molecule has 0 aliphatic carbocycles. The molecule has 0 aromatic heterocycles. The highest BCUT2D eigenvalue weighted by atomic mass is 14.7. The average Bonchev–Trinajstić information content (AvgIpc) is 2.20. The van der Waals surface area contributed by atoms with Crippen molar-refractivity contribution in [2.45, 2.75) is 6.92 Å². The predicted octanol–water partition coefficient (Wildman–Crippen LogP) is 2.48. The van der Waals surface area contributed by atoms with E-state index in [2.05, 4.69) is 4.99 Å². The van der Waals surface area contributed by atoms with E-state index in [1.807, 2.05) is 49.4 Å². The number of nitrogens with zero attached hydrogens (tertiary/aromatic N) is 1. The van der Waals surface area contributed by atoms with Gasteiger partial charge in [-0.3, -0.25) is 4.99 Å². The van der Waals surface area contributed by atoms with Gasteiger partial charge in [0, 0.05) is 18.1 Å². The van der Waals surface area contributed by atoms with E-state index in [0.717, 1.165) is 5.56 Å². The minimum atomic E-state index is 0.652. The first kappa shape index (κ1) is 10.3. The zero-order valence-electron chi connectivity index (χ0n) is 8.22. The Morgan fingerprint density at radius 1 is 1.29 bits per heavy atom. The molecular weight excluding hydrogens is 172 g/mol. The molecule has 1 rings (SSSR count).